The molecule has 0 aromatic carbocycles. The van der Waals surface area contributed by atoms with Gasteiger partial charge in [0.05, 0.1) is 0 Å². The first-order valence-electron chi connectivity index (χ1n) is 6.40. The molecular formula is C13H24. The zero-order chi connectivity index (χ0) is 9.10. The minimum absolute atomic E-state index is 1.08. The molecule has 0 heteroatoms. The Kier molecular flexibility index (Phi) is 3.29. The first-order valence-corrected chi connectivity index (χ1v) is 6.40. The molecule has 0 unspecified atom stereocenters. The highest BCUT2D eigenvalue weighted by Gasteiger charge is 2.28. The van der Waals surface area contributed by atoms with Gasteiger partial charge < -0.3 is 0 Å². The third kappa shape index (κ3) is 2.27. The molecule has 0 bridgehead atoms. The zero-order valence-electron chi connectivity index (χ0n) is 9.10. The average molecular weight is 180 g/mol. The first-order chi connectivity index (χ1) is 6.40. The van der Waals surface area contributed by atoms with Crippen molar-refractivity contribution in [3.63, 3.8) is 0 Å². The van der Waals surface area contributed by atoms with Gasteiger partial charge in [-0.05, 0) is 30.6 Å². The number of hydrogen-bond donors (Lipinski definition) is 0. The third-order valence-corrected chi connectivity index (χ3v) is 4.54. The molecule has 0 aliphatic heterocycles. The molecule has 2 aliphatic carbocycles. The molecule has 0 nitrogen and oxygen atoms in total. The molecule has 13 heavy (non-hydrogen) atoms. The Labute approximate surface area is 83.1 Å². The fourth-order valence-electron chi connectivity index (χ4n) is 3.50. The van der Waals surface area contributed by atoms with Gasteiger partial charge in [0.15, 0.2) is 0 Å². The highest BCUT2D eigenvalue weighted by molar-refractivity contribution is 4.80. The van der Waals surface area contributed by atoms with Gasteiger partial charge in [0.1, 0.15) is 0 Å². The summed E-state index contributed by atoms with van der Waals surface area (Å²) in [4.78, 5) is 0. The lowest BCUT2D eigenvalue weighted by Gasteiger charge is -2.31. The van der Waals surface area contributed by atoms with Gasteiger partial charge in [-0.1, -0.05) is 51.9 Å². The minimum atomic E-state index is 1.08. The Morgan fingerprint density at radius 3 is 1.85 bits per heavy atom. The zero-order valence-corrected chi connectivity index (χ0v) is 9.10. The molecule has 0 N–H and O–H groups in total. The van der Waals surface area contributed by atoms with Crippen molar-refractivity contribution in [1.82, 2.24) is 0 Å². The van der Waals surface area contributed by atoms with Crippen LogP contribution in [0.25, 0.3) is 0 Å². The van der Waals surface area contributed by atoms with Crippen molar-refractivity contribution in [2.75, 3.05) is 0 Å². The molecule has 0 aromatic heterocycles. The van der Waals surface area contributed by atoms with Crippen molar-refractivity contribution in [1.29, 1.82) is 0 Å². The lowest BCUT2D eigenvalue weighted by molar-refractivity contribution is 0.203. The van der Waals surface area contributed by atoms with Crippen molar-refractivity contribution in [2.24, 2.45) is 17.8 Å². The van der Waals surface area contributed by atoms with Gasteiger partial charge >= 0.3 is 0 Å². The second kappa shape index (κ2) is 4.48. The quantitative estimate of drug-likeness (QED) is 0.591. The van der Waals surface area contributed by atoms with Crippen LogP contribution >= 0.6 is 0 Å². The van der Waals surface area contributed by atoms with E-state index >= 15 is 0 Å². The Morgan fingerprint density at radius 1 is 0.769 bits per heavy atom. The van der Waals surface area contributed by atoms with E-state index in [0.717, 1.165) is 17.8 Å². The summed E-state index contributed by atoms with van der Waals surface area (Å²) in [5.74, 6) is 3.35. The van der Waals surface area contributed by atoms with E-state index in [2.05, 4.69) is 6.92 Å². The van der Waals surface area contributed by atoms with E-state index in [1.807, 2.05) is 0 Å². The smallest absolute Gasteiger partial charge is 0.0386 e. The molecule has 2 rings (SSSR count). The maximum absolute atomic E-state index is 2.36. The molecule has 2 fully saturated rings. The SMILES string of the molecule is CCC1CCC(C2CCCC2)CC1. The van der Waals surface area contributed by atoms with Crippen molar-refractivity contribution < 1.29 is 0 Å². The normalized spacial score (nSPS) is 36.7. The standard InChI is InChI=1S/C13H24/c1-2-11-7-9-13(10-8-11)12-5-3-4-6-12/h11-13H,2-10H2,1H3. The summed E-state index contributed by atoms with van der Waals surface area (Å²) in [6, 6.07) is 0. The van der Waals surface area contributed by atoms with E-state index in [9.17, 15) is 0 Å². The molecule has 0 heterocycles. The second-order valence-electron chi connectivity index (χ2n) is 5.23. The number of rotatable bonds is 2. The van der Waals surface area contributed by atoms with Crippen LogP contribution in [0.1, 0.15) is 64.7 Å². The van der Waals surface area contributed by atoms with E-state index in [-0.39, 0.29) is 0 Å². The van der Waals surface area contributed by atoms with Gasteiger partial charge in [-0.3, -0.25) is 0 Å². The maximum atomic E-state index is 2.36. The van der Waals surface area contributed by atoms with E-state index < -0.39 is 0 Å². The van der Waals surface area contributed by atoms with Crippen molar-refractivity contribution in [2.45, 2.75) is 64.7 Å². The Hall–Kier alpha value is 0. The Balaban J connectivity index is 1.77. The molecular weight excluding hydrogens is 156 g/mol. The van der Waals surface area contributed by atoms with Gasteiger partial charge in [0.25, 0.3) is 0 Å². The summed E-state index contributed by atoms with van der Waals surface area (Å²) in [5, 5.41) is 0. The van der Waals surface area contributed by atoms with Crippen LogP contribution in [-0.4, -0.2) is 0 Å². The summed E-state index contributed by atoms with van der Waals surface area (Å²) >= 11 is 0. The molecule has 0 atom stereocenters. The fourth-order valence-corrected chi connectivity index (χ4v) is 3.50. The number of hydrogen-bond acceptors (Lipinski definition) is 0. The summed E-state index contributed by atoms with van der Waals surface area (Å²) in [7, 11) is 0. The Bertz CT molecular complexity index is 136. The van der Waals surface area contributed by atoms with Crippen LogP contribution < -0.4 is 0 Å². The maximum Gasteiger partial charge on any atom is -0.0386 e. The summed E-state index contributed by atoms with van der Waals surface area (Å²) < 4.78 is 0. The van der Waals surface area contributed by atoms with Crippen LogP contribution in [0, 0.1) is 17.8 Å². The predicted octanol–water partition coefficient (Wildman–Crippen LogP) is 4.39. The van der Waals surface area contributed by atoms with Gasteiger partial charge in [0.2, 0.25) is 0 Å². The first kappa shape index (κ1) is 9.55. The van der Waals surface area contributed by atoms with Gasteiger partial charge in [0, 0.05) is 0 Å². The van der Waals surface area contributed by atoms with Crippen molar-refractivity contribution in [3.8, 4) is 0 Å². The third-order valence-electron chi connectivity index (χ3n) is 4.54. The Morgan fingerprint density at radius 2 is 1.31 bits per heavy atom. The lowest BCUT2D eigenvalue weighted by atomic mass is 9.74. The molecule has 0 radical (unpaired) electrons. The molecule has 2 aliphatic rings. The summed E-state index contributed by atoms with van der Waals surface area (Å²) in [6.07, 6.45) is 13.8. The van der Waals surface area contributed by atoms with E-state index in [1.54, 1.807) is 25.7 Å². The molecule has 0 aromatic rings. The molecule has 76 valence electrons. The van der Waals surface area contributed by atoms with Crippen LogP contribution in [-0.2, 0) is 0 Å². The highest BCUT2D eigenvalue weighted by atomic mass is 14.3. The van der Waals surface area contributed by atoms with Gasteiger partial charge in [-0.2, -0.15) is 0 Å². The van der Waals surface area contributed by atoms with Crippen LogP contribution in [0.2, 0.25) is 0 Å². The minimum Gasteiger partial charge on any atom is -0.0651 e. The monoisotopic (exact) mass is 180 g/mol. The van der Waals surface area contributed by atoms with Crippen molar-refractivity contribution >= 4 is 0 Å². The highest BCUT2D eigenvalue weighted by Crippen LogP contribution is 2.41. The summed E-state index contributed by atoms with van der Waals surface area (Å²) in [6.45, 7) is 2.36. The van der Waals surface area contributed by atoms with Crippen LogP contribution in [0.3, 0.4) is 0 Å². The largest absolute Gasteiger partial charge is 0.0651 e. The van der Waals surface area contributed by atoms with Crippen LogP contribution in [0.5, 0.6) is 0 Å². The molecule has 2 saturated carbocycles. The van der Waals surface area contributed by atoms with Gasteiger partial charge in [-0.15, -0.1) is 0 Å². The molecule has 0 amide bonds. The average Bonchev–Trinajstić information content (AvgIpc) is 2.71. The van der Waals surface area contributed by atoms with Crippen molar-refractivity contribution in [3.05, 3.63) is 0 Å². The molecule has 0 spiro atoms. The van der Waals surface area contributed by atoms with E-state index in [4.69, 9.17) is 0 Å². The van der Waals surface area contributed by atoms with Crippen LogP contribution in [0.15, 0.2) is 0 Å². The topological polar surface area (TPSA) is 0 Å². The lowest BCUT2D eigenvalue weighted by Crippen LogP contribution is -2.19. The van der Waals surface area contributed by atoms with Crippen LogP contribution in [0.4, 0.5) is 0 Å². The predicted molar refractivity (Wildman–Crippen MR) is 57.7 cm³/mol. The molecule has 0 saturated heterocycles. The summed E-state index contributed by atoms with van der Waals surface area (Å²) in [5.41, 5.74) is 0. The van der Waals surface area contributed by atoms with E-state index in [1.165, 1.54) is 32.1 Å². The van der Waals surface area contributed by atoms with Gasteiger partial charge in [-0.25, -0.2) is 0 Å². The second-order valence-corrected chi connectivity index (χ2v) is 5.23. The fraction of sp³-hybridized carbons (Fsp3) is 1.00. The van der Waals surface area contributed by atoms with E-state index in [0.29, 0.717) is 0 Å².